The summed E-state index contributed by atoms with van der Waals surface area (Å²) < 4.78 is 14.2. The number of rotatable bonds is 2. The van der Waals surface area contributed by atoms with Crippen LogP contribution in [0.2, 0.25) is 0 Å². The molecule has 1 aromatic carbocycles. The maximum atomic E-state index is 14.2. The molecule has 6 nitrogen and oxygen atoms in total. The number of aromatic amines is 1. The van der Waals surface area contributed by atoms with Crippen molar-refractivity contribution in [1.29, 1.82) is 0 Å². The van der Waals surface area contributed by atoms with Crippen LogP contribution < -0.4 is 15.8 Å². The van der Waals surface area contributed by atoms with Crippen molar-refractivity contribution < 1.29 is 9.18 Å². The number of H-pyrrole nitrogens is 1. The number of anilines is 2. The van der Waals surface area contributed by atoms with Gasteiger partial charge in [0.25, 0.3) is 5.56 Å². The Bertz CT molecular complexity index is 858. The molecule has 1 amide bonds. The van der Waals surface area contributed by atoms with Crippen LogP contribution in [0.3, 0.4) is 0 Å². The first-order chi connectivity index (χ1) is 11.6. The van der Waals surface area contributed by atoms with Gasteiger partial charge in [-0.1, -0.05) is 18.2 Å². The number of benzene rings is 1. The summed E-state index contributed by atoms with van der Waals surface area (Å²) in [5.41, 5.74) is 0.340. The van der Waals surface area contributed by atoms with E-state index in [-0.39, 0.29) is 23.7 Å². The van der Waals surface area contributed by atoms with Crippen molar-refractivity contribution in [3.8, 4) is 0 Å². The fraction of sp³-hybridized carbons (Fsp3) is 0.353. The van der Waals surface area contributed by atoms with Crippen molar-refractivity contribution in [3.05, 3.63) is 51.6 Å². The third-order valence-corrected chi connectivity index (χ3v) is 4.62. The summed E-state index contributed by atoms with van der Waals surface area (Å²) in [4.78, 5) is 33.9. The summed E-state index contributed by atoms with van der Waals surface area (Å²) in [5, 5.41) is 2.66. The summed E-state index contributed by atoms with van der Waals surface area (Å²) in [6, 6.07) is 6.23. The lowest BCUT2D eigenvalue weighted by atomic mass is 9.86. The van der Waals surface area contributed by atoms with Crippen LogP contribution >= 0.6 is 0 Å². The van der Waals surface area contributed by atoms with E-state index in [1.165, 1.54) is 6.07 Å². The number of aromatic nitrogens is 2. The lowest BCUT2D eigenvalue weighted by molar-refractivity contribution is -0.116. The van der Waals surface area contributed by atoms with E-state index in [2.05, 4.69) is 15.3 Å². The van der Waals surface area contributed by atoms with Crippen molar-refractivity contribution in [3.63, 3.8) is 0 Å². The third-order valence-electron chi connectivity index (χ3n) is 4.62. The fourth-order valence-corrected chi connectivity index (χ4v) is 3.46. The van der Waals surface area contributed by atoms with Crippen molar-refractivity contribution in [2.45, 2.75) is 25.2 Å². The molecule has 0 aliphatic carbocycles. The lowest BCUT2D eigenvalue weighted by Crippen LogP contribution is -2.33. The van der Waals surface area contributed by atoms with E-state index in [4.69, 9.17) is 0 Å². The molecule has 1 saturated heterocycles. The molecule has 1 unspecified atom stereocenters. The Balaban J connectivity index is 1.83. The van der Waals surface area contributed by atoms with Crippen molar-refractivity contribution in [1.82, 2.24) is 9.97 Å². The van der Waals surface area contributed by atoms with E-state index in [1.54, 1.807) is 18.2 Å². The van der Waals surface area contributed by atoms with Gasteiger partial charge in [0, 0.05) is 25.4 Å². The van der Waals surface area contributed by atoms with Gasteiger partial charge in [-0.25, -0.2) is 4.39 Å². The first-order valence-corrected chi connectivity index (χ1v) is 8.07. The number of carbonyl (C=O) groups is 1. The minimum atomic E-state index is -0.626. The predicted molar refractivity (Wildman–Crippen MR) is 87.8 cm³/mol. The van der Waals surface area contributed by atoms with Crippen molar-refractivity contribution in [2.75, 3.05) is 23.3 Å². The number of nitrogens with one attached hydrogen (secondary N) is 2. The van der Waals surface area contributed by atoms with Crippen LogP contribution in [0.1, 0.15) is 36.3 Å². The smallest absolute Gasteiger partial charge is 0.258 e. The highest BCUT2D eigenvalue weighted by molar-refractivity contribution is 5.94. The Labute approximate surface area is 137 Å². The first-order valence-electron chi connectivity index (χ1n) is 8.07. The maximum absolute atomic E-state index is 14.2. The highest BCUT2D eigenvalue weighted by Gasteiger charge is 2.33. The summed E-state index contributed by atoms with van der Waals surface area (Å²) in [7, 11) is 0. The monoisotopic (exact) mass is 328 g/mol. The van der Waals surface area contributed by atoms with E-state index in [0.29, 0.717) is 17.1 Å². The topological polar surface area (TPSA) is 78.1 Å². The van der Waals surface area contributed by atoms with Gasteiger partial charge in [-0.05, 0) is 24.5 Å². The second kappa shape index (κ2) is 5.74. The summed E-state index contributed by atoms with van der Waals surface area (Å²) in [5.74, 6) is -0.609. The second-order valence-corrected chi connectivity index (χ2v) is 6.17. The van der Waals surface area contributed by atoms with E-state index >= 15 is 0 Å². The standard InChI is InChI=1S/C17H17FN4O2/c18-12-6-2-1-5-10(12)11-9-13(23)19-15-14(11)16(24)21-17(20-15)22-7-3-4-8-22/h1-2,5-6,11H,3-4,7-9H2,(H2,19,20,21,23,24). The normalized spacial score (nSPS) is 20.0. The van der Waals surface area contributed by atoms with Gasteiger partial charge in [0.15, 0.2) is 0 Å². The number of fused-ring (bicyclic) bond motifs is 1. The molecule has 2 aliphatic rings. The highest BCUT2D eigenvalue weighted by Crippen LogP contribution is 2.35. The van der Waals surface area contributed by atoms with Crippen LogP contribution in [0.5, 0.6) is 0 Å². The molecule has 7 heteroatoms. The molecule has 1 fully saturated rings. The third kappa shape index (κ3) is 2.46. The molecule has 0 saturated carbocycles. The Morgan fingerprint density at radius 1 is 1.17 bits per heavy atom. The number of hydrogen-bond acceptors (Lipinski definition) is 4. The van der Waals surface area contributed by atoms with E-state index in [1.807, 2.05) is 4.90 Å². The average molecular weight is 328 g/mol. The number of halogens is 1. The molecule has 1 aromatic heterocycles. The zero-order valence-electron chi connectivity index (χ0n) is 13.0. The molecule has 24 heavy (non-hydrogen) atoms. The fourth-order valence-electron chi connectivity index (χ4n) is 3.46. The van der Waals surface area contributed by atoms with Crippen LogP contribution in [0.25, 0.3) is 0 Å². The summed E-state index contributed by atoms with van der Waals surface area (Å²) in [6.45, 7) is 1.65. The van der Waals surface area contributed by atoms with Gasteiger partial charge in [0.05, 0.1) is 5.56 Å². The van der Waals surface area contributed by atoms with Crippen LogP contribution in [-0.2, 0) is 4.79 Å². The first kappa shape index (κ1) is 14.9. The van der Waals surface area contributed by atoms with E-state index < -0.39 is 11.7 Å². The SMILES string of the molecule is O=C1CC(c2ccccc2F)c2c(nc(N3CCCC3)[nH]c2=O)N1. The van der Waals surface area contributed by atoms with Gasteiger partial charge >= 0.3 is 0 Å². The zero-order chi connectivity index (χ0) is 16.7. The highest BCUT2D eigenvalue weighted by atomic mass is 19.1. The van der Waals surface area contributed by atoms with E-state index in [9.17, 15) is 14.0 Å². The number of carbonyl (C=O) groups excluding carboxylic acids is 1. The van der Waals surface area contributed by atoms with Crippen LogP contribution in [0, 0.1) is 5.82 Å². The molecule has 2 aliphatic heterocycles. The number of nitrogens with zero attached hydrogens (tertiary/aromatic N) is 2. The van der Waals surface area contributed by atoms with Crippen LogP contribution in [0.4, 0.5) is 16.2 Å². The quantitative estimate of drug-likeness (QED) is 0.884. The number of amides is 1. The maximum Gasteiger partial charge on any atom is 0.258 e. The van der Waals surface area contributed by atoms with Gasteiger partial charge in [-0.15, -0.1) is 0 Å². The van der Waals surface area contributed by atoms with Gasteiger partial charge < -0.3 is 10.2 Å². The van der Waals surface area contributed by atoms with Crippen molar-refractivity contribution in [2.24, 2.45) is 0 Å². The molecule has 124 valence electrons. The molecule has 4 rings (SSSR count). The minimum absolute atomic E-state index is 0.0295. The molecule has 1 atom stereocenters. The van der Waals surface area contributed by atoms with E-state index in [0.717, 1.165) is 25.9 Å². The van der Waals surface area contributed by atoms with Gasteiger partial charge in [-0.3, -0.25) is 14.6 Å². The molecule has 3 heterocycles. The molecule has 0 spiro atoms. The molecular formula is C17H17FN4O2. The summed E-state index contributed by atoms with van der Waals surface area (Å²) >= 11 is 0. The van der Waals surface area contributed by atoms with Crippen LogP contribution in [-0.4, -0.2) is 29.0 Å². The Morgan fingerprint density at radius 3 is 2.67 bits per heavy atom. The van der Waals surface area contributed by atoms with Gasteiger partial charge in [0.2, 0.25) is 11.9 Å². The second-order valence-electron chi connectivity index (χ2n) is 6.17. The van der Waals surface area contributed by atoms with Gasteiger partial charge in [0.1, 0.15) is 11.6 Å². The Kier molecular flexibility index (Phi) is 3.55. The molecule has 2 aromatic rings. The molecule has 2 N–H and O–H groups in total. The Hall–Kier alpha value is -2.70. The van der Waals surface area contributed by atoms with Gasteiger partial charge in [-0.2, -0.15) is 4.98 Å². The van der Waals surface area contributed by atoms with Crippen LogP contribution in [0.15, 0.2) is 29.1 Å². The molecule has 0 radical (unpaired) electrons. The molecular weight excluding hydrogens is 311 g/mol. The Morgan fingerprint density at radius 2 is 1.92 bits per heavy atom. The zero-order valence-corrected chi connectivity index (χ0v) is 13.0. The molecule has 0 bridgehead atoms. The number of hydrogen-bond donors (Lipinski definition) is 2. The average Bonchev–Trinajstić information content (AvgIpc) is 3.08. The van der Waals surface area contributed by atoms with Crippen molar-refractivity contribution >= 4 is 17.7 Å². The summed E-state index contributed by atoms with van der Waals surface area (Å²) in [6.07, 6.45) is 2.12. The minimum Gasteiger partial charge on any atom is -0.342 e. The largest absolute Gasteiger partial charge is 0.342 e. The predicted octanol–water partition coefficient (Wildman–Crippen LogP) is 1.98. The lowest BCUT2D eigenvalue weighted by Gasteiger charge is -2.26.